The maximum atomic E-state index is 5.80. The summed E-state index contributed by atoms with van der Waals surface area (Å²) in [5.74, 6) is 0.925. The van der Waals surface area contributed by atoms with Crippen LogP contribution in [0.2, 0.25) is 0 Å². The van der Waals surface area contributed by atoms with Gasteiger partial charge in [-0.2, -0.15) is 0 Å². The number of rotatable bonds is 6. The topological polar surface area (TPSA) is 35.2 Å². The molecule has 88 valence electrons. The van der Waals surface area contributed by atoms with Crippen LogP contribution in [0.25, 0.3) is 0 Å². The van der Waals surface area contributed by atoms with E-state index in [9.17, 15) is 0 Å². The van der Waals surface area contributed by atoms with Crippen LogP contribution in [-0.4, -0.2) is 12.6 Å². The van der Waals surface area contributed by atoms with E-state index >= 15 is 0 Å². The van der Waals surface area contributed by atoms with Gasteiger partial charge in [0.25, 0.3) is 0 Å². The van der Waals surface area contributed by atoms with Crippen molar-refractivity contribution in [2.45, 2.75) is 32.7 Å². The van der Waals surface area contributed by atoms with Crippen molar-refractivity contribution < 1.29 is 4.74 Å². The van der Waals surface area contributed by atoms with Crippen LogP contribution in [0.1, 0.15) is 25.8 Å². The minimum Gasteiger partial charge on any atom is -0.489 e. The molecule has 0 bridgehead atoms. The molecule has 1 atom stereocenters. The molecular formula is C14H21NO. The molecule has 0 saturated carbocycles. The molecule has 0 saturated heterocycles. The van der Waals surface area contributed by atoms with Crippen molar-refractivity contribution in [2.24, 2.45) is 5.73 Å². The lowest BCUT2D eigenvalue weighted by Gasteiger charge is -2.13. The molecule has 1 unspecified atom stereocenters. The molecule has 0 aliphatic heterocycles. The van der Waals surface area contributed by atoms with Crippen molar-refractivity contribution in [2.75, 3.05) is 6.61 Å². The van der Waals surface area contributed by atoms with Crippen LogP contribution in [0, 0.1) is 0 Å². The number of benzene rings is 1. The van der Waals surface area contributed by atoms with Crippen LogP contribution in [0.5, 0.6) is 5.75 Å². The lowest BCUT2D eigenvalue weighted by atomic mass is 10.1. The highest BCUT2D eigenvalue weighted by molar-refractivity contribution is 5.34. The van der Waals surface area contributed by atoms with Gasteiger partial charge in [-0.15, -0.1) is 0 Å². The summed E-state index contributed by atoms with van der Waals surface area (Å²) < 4.78 is 5.74. The summed E-state index contributed by atoms with van der Waals surface area (Å²) >= 11 is 0. The van der Waals surface area contributed by atoms with E-state index in [1.54, 1.807) is 0 Å². The van der Waals surface area contributed by atoms with Gasteiger partial charge in [-0.05, 0) is 37.0 Å². The minimum absolute atomic E-state index is 0.152. The number of nitrogens with two attached hydrogens (primary N) is 1. The molecule has 0 heterocycles. The largest absolute Gasteiger partial charge is 0.489 e. The molecule has 2 N–H and O–H groups in total. The molecule has 0 aliphatic carbocycles. The van der Waals surface area contributed by atoms with E-state index in [0.717, 1.165) is 24.2 Å². The monoisotopic (exact) mass is 219 g/mol. The van der Waals surface area contributed by atoms with Crippen LogP contribution in [0.15, 0.2) is 36.4 Å². The first-order valence-electron chi connectivity index (χ1n) is 5.76. The smallest absolute Gasteiger partial charge is 0.123 e. The van der Waals surface area contributed by atoms with Gasteiger partial charge in [0, 0.05) is 6.04 Å². The first-order valence-corrected chi connectivity index (χ1v) is 5.76. The summed E-state index contributed by atoms with van der Waals surface area (Å²) in [5, 5.41) is 0. The van der Waals surface area contributed by atoms with Gasteiger partial charge in [-0.3, -0.25) is 0 Å². The number of para-hydroxylation sites is 1. The Morgan fingerprint density at radius 1 is 1.44 bits per heavy atom. The van der Waals surface area contributed by atoms with Gasteiger partial charge >= 0.3 is 0 Å². The van der Waals surface area contributed by atoms with Crippen LogP contribution in [0.3, 0.4) is 0 Å². The SMILES string of the molecule is C=C(CC)COc1ccccc1CC(C)N. The number of ether oxygens (including phenoxy) is 1. The van der Waals surface area contributed by atoms with E-state index in [4.69, 9.17) is 10.5 Å². The second-order valence-electron chi connectivity index (χ2n) is 4.18. The van der Waals surface area contributed by atoms with Gasteiger partial charge in [0.05, 0.1) is 0 Å². The van der Waals surface area contributed by atoms with Crippen molar-refractivity contribution in [3.63, 3.8) is 0 Å². The fraction of sp³-hybridized carbons (Fsp3) is 0.429. The van der Waals surface area contributed by atoms with E-state index in [2.05, 4.69) is 19.6 Å². The summed E-state index contributed by atoms with van der Waals surface area (Å²) in [7, 11) is 0. The molecule has 0 spiro atoms. The Hall–Kier alpha value is -1.28. The van der Waals surface area contributed by atoms with E-state index in [0.29, 0.717) is 6.61 Å². The molecule has 0 amide bonds. The Morgan fingerprint density at radius 2 is 2.12 bits per heavy atom. The zero-order valence-corrected chi connectivity index (χ0v) is 10.2. The van der Waals surface area contributed by atoms with Crippen LogP contribution in [0.4, 0.5) is 0 Å². The minimum atomic E-state index is 0.152. The quantitative estimate of drug-likeness (QED) is 0.747. The average Bonchev–Trinajstić information content (AvgIpc) is 2.26. The zero-order chi connectivity index (χ0) is 12.0. The van der Waals surface area contributed by atoms with Gasteiger partial charge < -0.3 is 10.5 Å². The highest BCUT2D eigenvalue weighted by Gasteiger charge is 2.05. The second kappa shape index (κ2) is 6.33. The maximum Gasteiger partial charge on any atom is 0.123 e. The highest BCUT2D eigenvalue weighted by atomic mass is 16.5. The van der Waals surface area contributed by atoms with Crippen LogP contribution in [-0.2, 0) is 6.42 Å². The molecular weight excluding hydrogens is 198 g/mol. The summed E-state index contributed by atoms with van der Waals surface area (Å²) in [4.78, 5) is 0. The molecule has 2 nitrogen and oxygen atoms in total. The Labute approximate surface area is 98.1 Å². The predicted octanol–water partition coefficient (Wildman–Crippen LogP) is 2.92. The van der Waals surface area contributed by atoms with E-state index < -0.39 is 0 Å². The van der Waals surface area contributed by atoms with Gasteiger partial charge in [0.15, 0.2) is 0 Å². The standard InChI is InChI=1S/C14H21NO/c1-4-11(2)10-16-14-8-6-5-7-13(14)9-12(3)15/h5-8,12H,2,4,9-10,15H2,1,3H3. The van der Waals surface area contributed by atoms with Crippen molar-refractivity contribution in [3.05, 3.63) is 42.0 Å². The molecule has 0 fully saturated rings. The fourth-order valence-electron chi connectivity index (χ4n) is 1.44. The number of hydrogen-bond acceptors (Lipinski definition) is 2. The Kier molecular flexibility index (Phi) is 5.06. The Balaban J connectivity index is 2.67. The maximum absolute atomic E-state index is 5.80. The highest BCUT2D eigenvalue weighted by Crippen LogP contribution is 2.20. The zero-order valence-electron chi connectivity index (χ0n) is 10.2. The van der Waals surface area contributed by atoms with E-state index in [1.165, 1.54) is 5.56 Å². The second-order valence-corrected chi connectivity index (χ2v) is 4.18. The van der Waals surface area contributed by atoms with Crippen molar-refractivity contribution in [1.29, 1.82) is 0 Å². The number of hydrogen-bond donors (Lipinski definition) is 1. The average molecular weight is 219 g/mol. The molecule has 1 aromatic rings. The molecule has 2 heteroatoms. The van der Waals surface area contributed by atoms with E-state index in [1.807, 2.05) is 25.1 Å². The van der Waals surface area contributed by atoms with Crippen LogP contribution < -0.4 is 10.5 Å². The van der Waals surface area contributed by atoms with Gasteiger partial charge in [0.2, 0.25) is 0 Å². The van der Waals surface area contributed by atoms with Crippen molar-refractivity contribution in [3.8, 4) is 5.75 Å². The van der Waals surface area contributed by atoms with Crippen molar-refractivity contribution in [1.82, 2.24) is 0 Å². The molecule has 16 heavy (non-hydrogen) atoms. The summed E-state index contributed by atoms with van der Waals surface area (Å²) in [5.41, 5.74) is 8.08. The third-order valence-electron chi connectivity index (χ3n) is 2.45. The molecule has 1 aromatic carbocycles. The fourth-order valence-corrected chi connectivity index (χ4v) is 1.44. The third kappa shape index (κ3) is 4.07. The molecule has 0 radical (unpaired) electrons. The summed E-state index contributed by atoms with van der Waals surface area (Å²) in [6, 6.07) is 8.20. The molecule has 1 rings (SSSR count). The lowest BCUT2D eigenvalue weighted by Crippen LogP contribution is -2.18. The first-order chi connectivity index (χ1) is 7.63. The molecule has 0 aromatic heterocycles. The summed E-state index contributed by atoms with van der Waals surface area (Å²) in [6.07, 6.45) is 1.80. The predicted molar refractivity (Wildman–Crippen MR) is 68.7 cm³/mol. The lowest BCUT2D eigenvalue weighted by molar-refractivity contribution is 0.344. The van der Waals surface area contributed by atoms with Crippen molar-refractivity contribution >= 4 is 0 Å². The van der Waals surface area contributed by atoms with Gasteiger partial charge in [-0.1, -0.05) is 31.7 Å². The van der Waals surface area contributed by atoms with E-state index in [-0.39, 0.29) is 6.04 Å². The third-order valence-corrected chi connectivity index (χ3v) is 2.45. The normalized spacial score (nSPS) is 12.2. The first kappa shape index (κ1) is 12.8. The molecule has 0 aliphatic rings. The Morgan fingerprint density at radius 3 is 2.75 bits per heavy atom. The van der Waals surface area contributed by atoms with Gasteiger partial charge in [0.1, 0.15) is 12.4 Å². The Bertz CT molecular complexity index is 344. The van der Waals surface area contributed by atoms with Crippen LogP contribution >= 0.6 is 0 Å². The van der Waals surface area contributed by atoms with Gasteiger partial charge in [-0.25, -0.2) is 0 Å². The summed E-state index contributed by atoms with van der Waals surface area (Å²) in [6.45, 7) is 8.60.